The van der Waals surface area contributed by atoms with E-state index in [1.54, 1.807) is 31.1 Å². The molecule has 0 bridgehead atoms. The van der Waals surface area contributed by atoms with Crippen molar-refractivity contribution in [1.82, 2.24) is 24.7 Å². The number of aryl methyl sites for hydroxylation is 1. The molecule has 4 rings (SSSR count). The lowest BCUT2D eigenvalue weighted by Crippen LogP contribution is -2.51. The van der Waals surface area contributed by atoms with Crippen molar-refractivity contribution in [3.05, 3.63) is 41.7 Å². The number of fused-ring (bicyclic) bond motifs is 1. The fourth-order valence-corrected chi connectivity index (χ4v) is 3.74. The molecule has 184 valence electrons. The number of anilines is 2. The molecule has 0 saturated carbocycles. The third-order valence-electron chi connectivity index (χ3n) is 5.15. The molecule has 34 heavy (non-hydrogen) atoms. The predicted molar refractivity (Wildman–Crippen MR) is 123 cm³/mol. The van der Waals surface area contributed by atoms with Crippen LogP contribution in [-0.4, -0.2) is 64.0 Å². The van der Waals surface area contributed by atoms with Crippen LogP contribution in [0, 0.1) is 12.7 Å². The molecule has 1 aliphatic heterocycles. The fourth-order valence-electron chi connectivity index (χ4n) is 3.74. The molecule has 1 atom stereocenters. The van der Waals surface area contributed by atoms with E-state index in [1.807, 2.05) is 0 Å². The molecule has 1 aliphatic rings. The second-order valence-corrected chi connectivity index (χ2v) is 7.69. The first-order chi connectivity index (χ1) is 15.8. The molecule has 0 aliphatic carbocycles. The van der Waals surface area contributed by atoms with Gasteiger partial charge in [-0.05, 0) is 13.8 Å². The highest BCUT2D eigenvalue weighted by atomic mass is 35.5. The maximum Gasteiger partial charge on any atom is 0.262 e. The molecular formula is C21H25ClF3N7O2. The summed E-state index contributed by atoms with van der Waals surface area (Å²) in [7, 11) is 0. The van der Waals surface area contributed by atoms with E-state index in [0.29, 0.717) is 25.3 Å². The Morgan fingerprint density at radius 2 is 2.15 bits per heavy atom. The van der Waals surface area contributed by atoms with Gasteiger partial charge in [-0.15, -0.1) is 12.4 Å². The van der Waals surface area contributed by atoms with E-state index in [-0.39, 0.29) is 54.2 Å². The molecule has 0 spiro atoms. The zero-order valence-corrected chi connectivity index (χ0v) is 19.4. The summed E-state index contributed by atoms with van der Waals surface area (Å²) < 4.78 is 46.9. The molecular weight excluding hydrogens is 475 g/mol. The third kappa shape index (κ3) is 5.68. The van der Waals surface area contributed by atoms with E-state index in [1.165, 1.54) is 16.7 Å². The van der Waals surface area contributed by atoms with Crippen LogP contribution in [0.3, 0.4) is 0 Å². The number of amides is 1. The molecule has 3 aromatic rings. The van der Waals surface area contributed by atoms with Gasteiger partial charge in [-0.1, -0.05) is 0 Å². The minimum Gasteiger partial charge on any atom is -0.477 e. The maximum absolute atomic E-state index is 14.3. The summed E-state index contributed by atoms with van der Waals surface area (Å²) in [5, 5.41) is 5.69. The first kappa shape index (κ1) is 25.5. The molecule has 1 saturated heterocycles. The summed E-state index contributed by atoms with van der Waals surface area (Å²) in [6.07, 6.45) is 1.83. The van der Waals surface area contributed by atoms with Crippen LogP contribution in [-0.2, 0) is 0 Å². The molecule has 9 nitrogen and oxygen atoms in total. The quantitative estimate of drug-likeness (QED) is 0.515. The van der Waals surface area contributed by atoms with Crippen LogP contribution >= 0.6 is 12.4 Å². The number of nitrogens with zero attached hydrogens (tertiary/aromatic N) is 5. The maximum atomic E-state index is 14.3. The van der Waals surface area contributed by atoms with Gasteiger partial charge in [-0.2, -0.15) is 4.98 Å². The lowest BCUT2D eigenvalue weighted by molar-refractivity contribution is 0.102. The van der Waals surface area contributed by atoms with Gasteiger partial charge in [0.25, 0.3) is 5.91 Å². The highest BCUT2D eigenvalue weighted by molar-refractivity contribution is 6.05. The van der Waals surface area contributed by atoms with Gasteiger partial charge >= 0.3 is 0 Å². The Balaban J connectivity index is 0.00000324. The zero-order chi connectivity index (χ0) is 23.5. The summed E-state index contributed by atoms with van der Waals surface area (Å²) in [5.74, 6) is -0.799. The monoisotopic (exact) mass is 499 g/mol. The van der Waals surface area contributed by atoms with Crippen LogP contribution in [0.5, 0.6) is 5.88 Å². The van der Waals surface area contributed by atoms with E-state index in [2.05, 4.69) is 25.6 Å². The van der Waals surface area contributed by atoms with Crippen molar-refractivity contribution < 1.29 is 22.7 Å². The number of hydrogen-bond acceptors (Lipinski definition) is 7. The number of halogens is 4. The minimum atomic E-state index is -2.41. The average Bonchev–Trinajstić information content (AvgIpc) is 3.14. The van der Waals surface area contributed by atoms with Crippen molar-refractivity contribution in [1.29, 1.82) is 0 Å². The van der Waals surface area contributed by atoms with Gasteiger partial charge in [0, 0.05) is 56.8 Å². The number of nitrogens with one attached hydrogen (secondary N) is 2. The van der Waals surface area contributed by atoms with Crippen LogP contribution < -0.4 is 20.3 Å². The number of pyridine rings is 1. The molecule has 13 heteroatoms. The van der Waals surface area contributed by atoms with Crippen LogP contribution in [0.25, 0.3) is 5.65 Å². The SMILES string of the molecule is CCOc1nc(N2CCN[C@@H](CC(F)F)C2)ncc1C(=O)Nc1cc(F)c2nc(C)cn2c1.Cl. The Kier molecular flexibility index (Phi) is 8.15. The molecule has 0 unspecified atom stereocenters. The molecule has 4 heterocycles. The number of imidazole rings is 1. The summed E-state index contributed by atoms with van der Waals surface area (Å²) in [6.45, 7) is 5.09. The lowest BCUT2D eigenvalue weighted by Gasteiger charge is -2.33. The Labute approximate surface area is 200 Å². The Morgan fingerprint density at radius 3 is 2.88 bits per heavy atom. The smallest absolute Gasteiger partial charge is 0.262 e. The molecule has 0 aromatic carbocycles. The second-order valence-electron chi connectivity index (χ2n) is 7.69. The highest BCUT2D eigenvalue weighted by Crippen LogP contribution is 2.23. The fraction of sp³-hybridized carbons (Fsp3) is 0.429. The van der Waals surface area contributed by atoms with Crippen molar-refractivity contribution in [2.45, 2.75) is 32.7 Å². The normalized spacial score (nSPS) is 15.9. The number of piperazine rings is 1. The van der Waals surface area contributed by atoms with Crippen molar-refractivity contribution in [3.8, 4) is 5.88 Å². The second kappa shape index (κ2) is 10.9. The zero-order valence-electron chi connectivity index (χ0n) is 18.6. The van der Waals surface area contributed by atoms with Gasteiger partial charge < -0.3 is 24.7 Å². The summed E-state index contributed by atoms with van der Waals surface area (Å²) in [5.41, 5.74) is 1.10. The van der Waals surface area contributed by atoms with Gasteiger partial charge in [0.15, 0.2) is 11.5 Å². The largest absolute Gasteiger partial charge is 0.477 e. The van der Waals surface area contributed by atoms with Gasteiger partial charge in [-0.25, -0.2) is 23.1 Å². The van der Waals surface area contributed by atoms with Gasteiger partial charge in [0.05, 0.1) is 18.0 Å². The summed E-state index contributed by atoms with van der Waals surface area (Å²) in [4.78, 5) is 27.4. The number of alkyl halides is 2. The molecule has 1 fully saturated rings. The van der Waals surface area contributed by atoms with E-state index in [0.717, 1.165) is 0 Å². The van der Waals surface area contributed by atoms with Gasteiger partial charge in [-0.3, -0.25) is 4.79 Å². The van der Waals surface area contributed by atoms with Crippen molar-refractivity contribution in [2.75, 3.05) is 36.5 Å². The standard InChI is InChI=1S/C21H24F3N7O2.ClH/c1-3-33-20-15(8-26-21(29-20)30-5-4-25-13(10-30)7-17(23)24)19(32)28-14-6-16(22)18-27-12(2)9-31(18)11-14;/h6,8-9,11,13,17,25H,3-5,7,10H2,1-2H3,(H,28,32);1H/t13-;/m0./s1. The van der Waals surface area contributed by atoms with Crippen LogP contribution in [0.2, 0.25) is 0 Å². The van der Waals surface area contributed by atoms with Crippen molar-refractivity contribution in [3.63, 3.8) is 0 Å². The van der Waals surface area contributed by atoms with Crippen LogP contribution in [0.15, 0.2) is 24.7 Å². The van der Waals surface area contributed by atoms with Crippen LogP contribution in [0.1, 0.15) is 29.4 Å². The first-order valence-corrected chi connectivity index (χ1v) is 10.6. The topological polar surface area (TPSA) is 96.7 Å². The van der Waals surface area contributed by atoms with Gasteiger partial charge in [0.2, 0.25) is 18.3 Å². The number of ether oxygens (including phenoxy) is 1. The summed E-state index contributed by atoms with van der Waals surface area (Å²) in [6, 6.07) is 0.788. The number of carbonyl (C=O) groups is 1. The van der Waals surface area contributed by atoms with E-state index >= 15 is 0 Å². The summed E-state index contributed by atoms with van der Waals surface area (Å²) >= 11 is 0. The van der Waals surface area contributed by atoms with Crippen LogP contribution in [0.4, 0.5) is 24.8 Å². The number of carbonyl (C=O) groups excluding carboxylic acids is 1. The molecule has 3 aromatic heterocycles. The van der Waals surface area contributed by atoms with E-state index in [4.69, 9.17) is 4.74 Å². The Bertz CT molecular complexity index is 1160. The van der Waals surface area contributed by atoms with E-state index < -0.39 is 24.2 Å². The average molecular weight is 500 g/mol. The van der Waals surface area contributed by atoms with Gasteiger partial charge in [0.1, 0.15) is 5.56 Å². The number of aromatic nitrogens is 4. The molecule has 1 amide bonds. The third-order valence-corrected chi connectivity index (χ3v) is 5.15. The Hall–Kier alpha value is -3.12. The van der Waals surface area contributed by atoms with E-state index in [9.17, 15) is 18.0 Å². The van der Waals surface area contributed by atoms with Crippen molar-refractivity contribution in [2.24, 2.45) is 0 Å². The minimum absolute atomic E-state index is 0. The number of rotatable bonds is 7. The van der Waals surface area contributed by atoms with Crippen molar-refractivity contribution >= 4 is 35.6 Å². The lowest BCUT2D eigenvalue weighted by atomic mass is 10.1. The number of hydrogen-bond donors (Lipinski definition) is 2. The molecule has 2 N–H and O–H groups in total. The molecule has 0 radical (unpaired) electrons. The first-order valence-electron chi connectivity index (χ1n) is 10.6. The Morgan fingerprint density at radius 1 is 1.35 bits per heavy atom. The predicted octanol–water partition coefficient (Wildman–Crippen LogP) is 3.08. The highest BCUT2D eigenvalue weighted by Gasteiger charge is 2.26.